The number of allylic oxidation sites excluding steroid dienone is 2. The molecule has 0 amide bonds. The Morgan fingerprint density at radius 3 is 2.71 bits per heavy atom. The van der Waals surface area contributed by atoms with E-state index in [0.29, 0.717) is 0 Å². The normalized spacial score (nSPS) is 32.4. The Labute approximate surface area is 89.8 Å². The van der Waals surface area contributed by atoms with Crippen LogP contribution in [0.2, 0.25) is 0 Å². The van der Waals surface area contributed by atoms with Crippen molar-refractivity contribution >= 4 is 0 Å². The van der Waals surface area contributed by atoms with Crippen LogP contribution in [-0.4, -0.2) is 0 Å². The molecule has 0 heteroatoms. The molecule has 1 fully saturated rings. The van der Waals surface area contributed by atoms with Gasteiger partial charge in [0.1, 0.15) is 0 Å². The summed E-state index contributed by atoms with van der Waals surface area (Å²) in [7, 11) is 0. The van der Waals surface area contributed by atoms with Crippen LogP contribution in [0.25, 0.3) is 0 Å². The van der Waals surface area contributed by atoms with Crippen molar-refractivity contribution in [3.63, 3.8) is 0 Å². The first-order chi connectivity index (χ1) is 6.69. The zero-order valence-electron chi connectivity index (χ0n) is 10.3. The molecule has 1 saturated carbocycles. The SMILES string of the molecule is CCC=C1CC(C(C)CCC)CC1C. The molecule has 0 spiro atoms. The molecule has 1 rings (SSSR count). The van der Waals surface area contributed by atoms with Crippen molar-refractivity contribution in [1.82, 2.24) is 0 Å². The fraction of sp³-hybridized carbons (Fsp3) is 0.857. The summed E-state index contributed by atoms with van der Waals surface area (Å²) in [6, 6.07) is 0. The van der Waals surface area contributed by atoms with E-state index in [0.717, 1.165) is 17.8 Å². The Hall–Kier alpha value is -0.260. The zero-order chi connectivity index (χ0) is 10.6. The van der Waals surface area contributed by atoms with E-state index < -0.39 is 0 Å². The Balaban J connectivity index is 2.49. The van der Waals surface area contributed by atoms with E-state index >= 15 is 0 Å². The van der Waals surface area contributed by atoms with Gasteiger partial charge in [-0.2, -0.15) is 0 Å². The largest absolute Gasteiger partial charge is 0.0853 e. The predicted octanol–water partition coefficient (Wildman–Crippen LogP) is 4.81. The first-order valence-corrected chi connectivity index (χ1v) is 6.37. The summed E-state index contributed by atoms with van der Waals surface area (Å²) in [4.78, 5) is 0. The molecule has 0 aromatic heterocycles. The van der Waals surface area contributed by atoms with Gasteiger partial charge in [0.25, 0.3) is 0 Å². The second-order valence-corrected chi connectivity index (χ2v) is 5.05. The summed E-state index contributed by atoms with van der Waals surface area (Å²) in [6.45, 7) is 9.40. The maximum absolute atomic E-state index is 2.46. The van der Waals surface area contributed by atoms with Crippen molar-refractivity contribution in [2.24, 2.45) is 17.8 Å². The molecule has 0 aromatic carbocycles. The van der Waals surface area contributed by atoms with Crippen molar-refractivity contribution in [3.05, 3.63) is 11.6 Å². The third-order valence-corrected chi connectivity index (χ3v) is 3.80. The fourth-order valence-electron chi connectivity index (χ4n) is 2.86. The number of rotatable bonds is 4. The lowest BCUT2D eigenvalue weighted by Crippen LogP contribution is -2.07. The molecule has 0 radical (unpaired) electrons. The average Bonchev–Trinajstić information content (AvgIpc) is 2.49. The van der Waals surface area contributed by atoms with Crippen LogP contribution in [0, 0.1) is 17.8 Å². The van der Waals surface area contributed by atoms with Gasteiger partial charge >= 0.3 is 0 Å². The molecular formula is C14H26. The smallest absolute Gasteiger partial charge is 0.0229 e. The fourth-order valence-corrected chi connectivity index (χ4v) is 2.86. The quantitative estimate of drug-likeness (QED) is 0.564. The molecule has 3 atom stereocenters. The van der Waals surface area contributed by atoms with Crippen molar-refractivity contribution in [2.45, 2.75) is 59.8 Å². The van der Waals surface area contributed by atoms with Crippen LogP contribution in [0.4, 0.5) is 0 Å². The van der Waals surface area contributed by atoms with E-state index in [4.69, 9.17) is 0 Å². The van der Waals surface area contributed by atoms with E-state index in [2.05, 4.69) is 33.8 Å². The number of hydrogen-bond acceptors (Lipinski definition) is 0. The minimum atomic E-state index is 0.860. The summed E-state index contributed by atoms with van der Waals surface area (Å²) >= 11 is 0. The second kappa shape index (κ2) is 5.58. The van der Waals surface area contributed by atoms with Crippen molar-refractivity contribution < 1.29 is 0 Å². The summed E-state index contributed by atoms with van der Waals surface area (Å²) in [5, 5.41) is 0. The van der Waals surface area contributed by atoms with Crippen LogP contribution >= 0.6 is 0 Å². The Morgan fingerprint density at radius 1 is 1.43 bits per heavy atom. The third kappa shape index (κ3) is 2.87. The van der Waals surface area contributed by atoms with Gasteiger partial charge in [-0.05, 0) is 37.0 Å². The summed E-state index contributed by atoms with van der Waals surface area (Å²) in [5.41, 5.74) is 1.74. The summed E-state index contributed by atoms with van der Waals surface area (Å²) < 4.78 is 0. The molecule has 82 valence electrons. The van der Waals surface area contributed by atoms with Gasteiger partial charge in [-0.15, -0.1) is 0 Å². The highest BCUT2D eigenvalue weighted by Crippen LogP contribution is 2.40. The molecule has 0 bridgehead atoms. The number of hydrogen-bond donors (Lipinski definition) is 0. The molecule has 1 aliphatic carbocycles. The van der Waals surface area contributed by atoms with Crippen molar-refractivity contribution in [3.8, 4) is 0 Å². The molecule has 0 saturated heterocycles. The van der Waals surface area contributed by atoms with E-state index in [9.17, 15) is 0 Å². The van der Waals surface area contributed by atoms with Crippen LogP contribution in [-0.2, 0) is 0 Å². The lowest BCUT2D eigenvalue weighted by molar-refractivity contribution is 0.335. The highest BCUT2D eigenvalue weighted by Gasteiger charge is 2.28. The van der Waals surface area contributed by atoms with E-state index in [-0.39, 0.29) is 0 Å². The van der Waals surface area contributed by atoms with Crippen LogP contribution < -0.4 is 0 Å². The van der Waals surface area contributed by atoms with Gasteiger partial charge in [0.2, 0.25) is 0 Å². The van der Waals surface area contributed by atoms with E-state index in [1.54, 1.807) is 5.57 Å². The highest BCUT2D eigenvalue weighted by molar-refractivity contribution is 5.12. The van der Waals surface area contributed by atoms with Gasteiger partial charge in [-0.25, -0.2) is 0 Å². The summed E-state index contributed by atoms with van der Waals surface area (Å²) in [6.07, 6.45) is 9.26. The van der Waals surface area contributed by atoms with E-state index in [1.807, 2.05) is 0 Å². The molecule has 0 aromatic rings. The topological polar surface area (TPSA) is 0 Å². The maximum atomic E-state index is 2.46. The molecule has 14 heavy (non-hydrogen) atoms. The van der Waals surface area contributed by atoms with Crippen LogP contribution in [0.15, 0.2) is 11.6 Å². The van der Waals surface area contributed by atoms with Crippen LogP contribution in [0.1, 0.15) is 59.8 Å². The lowest BCUT2D eigenvalue weighted by atomic mass is 9.88. The first kappa shape index (κ1) is 11.8. The highest BCUT2D eigenvalue weighted by atomic mass is 14.3. The molecule has 0 heterocycles. The minimum absolute atomic E-state index is 0.860. The first-order valence-electron chi connectivity index (χ1n) is 6.37. The van der Waals surface area contributed by atoms with Crippen LogP contribution in [0.3, 0.4) is 0 Å². The third-order valence-electron chi connectivity index (χ3n) is 3.80. The summed E-state index contributed by atoms with van der Waals surface area (Å²) in [5.74, 6) is 2.77. The predicted molar refractivity (Wildman–Crippen MR) is 64.3 cm³/mol. The monoisotopic (exact) mass is 194 g/mol. The van der Waals surface area contributed by atoms with Crippen molar-refractivity contribution in [2.75, 3.05) is 0 Å². The molecule has 0 nitrogen and oxygen atoms in total. The lowest BCUT2D eigenvalue weighted by Gasteiger charge is -2.17. The van der Waals surface area contributed by atoms with Gasteiger partial charge < -0.3 is 0 Å². The molecule has 3 unspecified atom stereocenters. The van der Waals surface area contributed by atoms with Gasteiger partial charge in [-0.1, -0.05) is 52.2 Å². The van der Waals surface area contributed by atoms with Gasteiger partial charge in [-0.3, -0.25) is 0 Å². The Morgan fingerprint density at radius 2 is 2.14 bits per heavy atom. The average molecular weight is 194 g/mol. The van der Waals surface area contributed by atoms with Crippen molar-refractivity contribution in [1.29, 1.82) is 0 Å². The second-order valence-electron chi connectivity index (χ2n) is 5.05. The van der Waals surface area contributed by atoms with Crippen LogP contribution in [0.5, 0.6) is 0 Å². The standard InChI is InChI=1S/C14H26/c1-5-7-11(3)14-9-12(4)13(10-14)8-6-2/h8,11-12,14H,5-7,9-10H2,1-4H3. The van der Waals surface area contributed by atoms with Gasteiger partial charge in [0, 0.05) is 0 Å². The molecule has 1 aliphatic rings. The van der Waals surface area contributed by atoms with E-state index in [1.165, 1.54) is 32.1 Å². The molecular weight excluding hydrogens is 168 g/mol. The molecule has 0 aliphatic heterocycles. The van der Waals surface area contributed by atoms with Gasteiger partial charge in [0.15, 0.2) is 0 Å². The molecule has 0 N–H and O–H groups in total. The minimum Gasteiger partial charge on any atom is -0.0853 e. The Kier molecular flexibility index (Phi) is 4.71. The van der Waals surface area contributed by atoms with Gasteiger partial charge in [0.05, 0.1) is 0 Å². The Bertz CT molecular complexity index is 190. The maximum Gasteiger partial charge on any atom is -0.0229 e. The zero-order valence-corrected chi connectivity index (χ0v) is 10.3.